The fourth-order valence-corrected chi connectivity index (χ4v) is 2.46. The molecule has 0 aliphatic heterocycles. The number of nitrogens with one attached hydrogen (secondary N) is 2. The smallest absolute Gasteiger partial charge is 0.0401 e. The molecule has 3 rings (SSSR count). The molecule has 0 aromatic heterocycles. The highest BCUT2D eigenvalue weighted by molar-refractivity contribution is 5.83. The normalized spacial score (nSPS) is 10.5. The summed E-state index contributed by atoms with van der Waals surface area (Å²) in [6.07, 6.45) is 0. The Kier molecular flexibility index (Phi) is 4.06. The second-order valence-electron chi connectivity index (χ2n) is 5.14. The van der Waals surface area contributed by atoms with E-state index in [-0.39, 0.29) is 0 Å². The minimum Gasteiger partial charge on any atom is -0.385 e. The molecular formula is C19H20N2. The van der Waals surface area contributed by atoms with Crippen molar-refractivity contribution in [2.45, 2.75) is 13.5 Å². The van der Waals surface area contributed by atoms with Crippen molar-refractivity contribution >= 4 is 22.1 Å². The first-order chi connectivity index (χ1) is 10.3. The van der Waals surface area contributed by atoms with E-state index < -0.39 is 0 Å². The van der Waals surface area contributed by atoms with Gasteiger partial charge in [-0.1, -0.05) is 36.4 Å². The lowest BCUT2D eigenvalue weighted by Crippen LogP contribution is -2.00. The molecule has 0 spiro atoms. The van der Waals surface area contributed by atoms with Crippen molar-refractivity contribution in [3.8, 4) is 0 Å². The Morgan fingerprint density at radius 3 is 2.10 bits per heavy atom. The van der Waals surface area contributed by atoms with Crippen LogP contribution in [-0.2, 0) is 6.54 Å². The van der Waals surface area contributed by atoms with E-state index >= 15 is 0 Å². The third kappa shape index (κ3) is 3.34. The van der Waals surface area contributed by atoms with Gasteiger partial charge in [0.1, 0.15) is 0 Å². The van der Waals surface area contributed by atoms with E-state index in [0.717, 1.165) is 24.5 Å². The largest absolute Gasteiger partial charge is 0.385 e. The molecule has 106 valence electrons. The number of hydrogen-bond donors (Lipinski definition) is 2. The third-order valence-electron chi connectivity index (χ3n) is 3.58. The minimum absolute atomic E-state index is 0.839. The summed E-state index contributed by atoms with van der Waals surface area (Å²) in [7, 11) is 0. The maximum atomic E-state index is 3.47. The number of rotatable bonds is 5. The molecule has 0 amide bonds. The second-order valence-corrected chi connectivity index (χ2v) is 5.14. The lowest BCUT2D eigenvalue weighted by Gasteiger charge is -2.09. The van der Waals surface area contributed by atoms with Crippen molar-refractivity contribution < 1.29 is 0 Å². The zero-order valence-electron chi connectivity index (χ0n) is 12.3. The Labute approximate surface area is 125 Å². The predicted octanol–water partition coefficient (Wildman–Crippen LogP) is 4.88. The van der Waals surface area contributed by atoms with Crippen LogP contribution < -0.4 is 10.6 Å². The second kappa shape index (κ2) is 6.31. The molecule has 0 saturated heterocycles. The summed E-state index contributed by atoms with van der Waals surface area (Å²) < 4.78 is 0. The molecule has 3 aromatic carbocycles. The van der Waals surface area contributed by atoms with Crippen molar-refractivity contribution in [1.82, 2.24) is 0 Å². The molecule has 2 N–H and O–H groups in total. The van der Waals surface area contributed by atoms with Gasteiger partial charge in [-0.3, -0.25) is 0 Å². The Morgan fingerprint density at radius 1 is 0.714 bits per heavy atom. The van der Waals surface area contributed by atoms with Gasteiger partial charge >= 0.3 is 0 Å². The van der Waals surface area contributed by atoms with Crippen molar-refractivity contribution in [2.75, 3.05) is 17.2 Å². The van der Waals surface area contributed by atoms with Gasteiger partial charge < -0.3 is 10.6 Å². The molecule has 0 unspecified atom stereocenters. The molecular weight excluding hydrogens is 256 g/mol. The zero-order valence-corrected chi connectivity index (χ0v) is 12.3. The van der Waals surface area contributed by atoms with Gasteiger partial charge in [0.25, 0.3) is 0 Å². The maximum absolute atomic E-state index is 3.47. The lowest BCUT2D eigenvalue weighted by molar-refractivity contribution is 1.15. The molecule has 0 saturated carbocycles. The summed E-state index contributed by atoms with van der Waals surface area (Å²) in [4.78, 5) is 0. The van der Waals surface area contributed by atoms with Crippen molar-refractivity contribution in [3.63, 3.8) is 0 Å². The van der Waals surface area contributed by atoms with Crippen molar-refractivity contribution in [2.24, 2.45) is 0 Å². The first-order valence-electron chi connectivity index (χ1n) is 7.40. The Balaban J connectivity index is 1.68. The summed E-state index contributed by atoms with van der Waals surface area (Å²) in [6, 6.07) is 23.5. The van der Waals surface area contributed by atoms with Crippen LogP contribution in [0.25, 0.3) is 10.8 Å². The van der Waals surface area contributed by atoms with Gasteiger partial charge in [-0.15, -0.1) is 0 Å². The van der Waals surface area contributed by atoms with Crippen LogP contribution in [0.15, 0.2) is 66.7 Å². The first-order valence-corrected chi connectivity index (χ1v) is 7.40. The van der Waals surface area contributed by atoms with Gasteiger partial charge in [-0.05, 0) is 53.6 Å². The highest BCUT2D eigenvalue weighted by Gasteiger charge is 1.97. The van der Waals surface area contributed by atoms with Crippen LogP contribution in [0, 0.1) is 0 Å². The van der Waals surface area contributed by atoms with Crippen LogP contribution in [0.3, 0.4) is 0 Å². The number of hydrogen-bond acceptors (Lipinski definition) is 2. The van der Waals surface area contributed by atoms with Crippen LogP contribution in [0.4, 0.5) is 11.4 Å². The summed E-state index contributed by atoms with van der Waals surface area (Å²) in [5.74, 6) is 0. The maximum Gasteiger partial charge on any atom is 0.0401 e. The van der Waals surface area contributed by atoms with Gasteiger partial charge in [0.15, 0.2) is 0 Å². The fourth-order valence-electron chi connectivity index (χ4n) is 2.46. The zero-order chi connectivity index (χ0) is 14.5. The molecule has 0 atom stereocenters. The van der Waals surface area contributed by atoms with Gasteiger partial charge in [-0.2, -0.15) is 0 Å². The van der Waals surface area contributed by atoms with Crippen LogP contribution in [0.1, 0.15) is 12.5 Å². The first kappa shape index (κ1) is 13.5. The molecule has 3 aromatic rings. The molecule has 2 heteroatoms. The summed E-state index contributed by atoms with van der Waals surface area (Å²) in [5, 5.41) is 9.35. The Morgan fingerprint density at radius 2 is 1.38 bits per heavy atom. The molecule has 21 heavy (non-hydrogen) atoms. The highest BCUT2D eigenvalue weighted by atomic mass is 14.9. The van der Waals surface area contributed by atoms with E-state index in [4.69, 9.17) is 0 Å². The number of benzene rings is 3. The van der Waals surface area contributed by atoms with Crippen LogP contribution in [0.5, 0.6) is 0 Å². The number of fused-ring (bicyclic) bond motifs is 1. The van der Waals surface area contributed by atoms with E-state index in [2.05, 4.69) is 84.3 Å². The molecule has 0 fully saturated rings. The molecule has 0 aliphatic rings. The predicted molar refractivity (Wildman–Crippen MR) is 91.9 cm³/mol. The van der Waals surface area contributed by atoms with Gasteiger partial charge in [0, 0.05) is 24.5 Å². The van der Waals surface area contributed by atoms with Gasteiger partial charge in [0.2, 0.25) is 0 Å². The average molecular weight is 276 g/mol. The standard InChI is InChI=1S/C19H20N2/c1-2-20-18-9-11-19(12-10-18)21-14-15-7-8-16-5-3-4-6-17(16)13-15/h3-13,20-21H,2,14H2,1H3. The summed E-state index contributed by atoms with van der Waals surface area (Å²) in [5.41, 5.74) is 3.60. The fraction of sp³-hybridized carbons (Fsp3) is 0.158. The van der Waals surface area contributed by atoms with Gasteiger partial charge in [-0.25, -0.2) is 0 Å². The third-order valence-corrected chi connectivity index (χ3v) is 3.58. The quantitative estimate of drug-likeness (QED) is 0.693. The molecule has 0 heterocycles. The lowest BCUT2D eigenvalue weighted by atomic mass is 10.1. The summed E-state index contributed by atoms with van der Waals surface area (Å²) >= 11 is 0. The highest BCUT2D eigenvalue weighted by Crippen LogP contribution is 2.18. The summed E-state index contributed by atoms with van der Waals surface area (Å²) in [6.45, 7) is 3.89. The monoisotopic (exact) mass is 276 g/mol. The van der Waals surface area contributed by atoms with Crippen molar-refractivity contribution in [1.29, 1.82) is 0 Å². The SMILES string of the molecule is CCNc1ccc(NCc2ccc3ccccc3c2)cc1. The van der Waals surface area contributed by atoms with Gasteiger partial charge in [0.05, 0.1) is 0 Å². The van der Waals surface area contributed by atoms with E-state index in [1.54, 1.807) is 0 Å². The average Bonchev–Trinajstić information content (AvgIpc) is 2.54. The molecule has 2 nitrogen and oxygen atoms in total. The van der Waals surface area contributed by atoms with Crippen LogP contribution in [0.2, 0.25) is 0 Å². The minimum atomic E-state index is 0.839. The van der Waals surface area contributed by atoms with E-state index in [1.165, 1.54) is 16.3 Å². The molecule has 0 aliphatic carbocycles. The topological polar surface area (TPSA) is 24.1 Å². The number of anilines is 2. The Bertz CT molecular complexity index is 717. The van der Waals surface area contributed by atoms with Crippen LogP contribution >= 0.6 is 0 Å². The van der Waals surface area contributed by atoms with Crippen LogP contribution in [-0.4, -0.2) is 6.54 Å². The Hall–Kier alpha value is -2.48. The van der Waals surface area contributed by atoms with E-state index in [0.29, 0.717) is 0 Å². The molecule has 0 bridgehead atoms. The van der Waals surface area contributed by atoms with E-state index in [1.807, 2.05) is 0 Å². The van der Waals surface area contributed by atoms with Crippen molar-refractivity contribution in [3.05, 3.63) is 72.3 Å². The van der Waals surface area contributed by atoms with E-state index in [9.17, 15) is 0 Å². The molecule has 0 radical (unpaired) electrons.